The van der Waals surface area contributed by atoms with Gasteiger partial charge < -0.3 is 0 Å². The Bertz CT molecular complexity index is 178. The molecule has 2 fully saturated rings. The second-order valence-corrected chi connectivity index (χ2v) is 5.69. The fraction of sp³-hybridized carbons (Fsp3) is 1.00. The highest BCUT2D eigenvalue weighted by molar-refractivity contribution is 4.99. The predicted molar refractivity (Wildman–Crippen MR) is 52.1 cm³/mol. The maximum absolute atomic E-state index is 2.71. The Hall–Kier alpha value is -0.0400. The molecule has 2 aliphatic rings. The predicted octanol–water partition coefficient (Wildman–Crippen LogP) is 2.52. The van der Waals surface area contributed by atoms with Gasteiger partial charge in [-0.3, -0.25) is 4.90 Å². The van der Waals surface area contributed by atoms with Crippen LogP contribution in [0.2, 0.25) is 0 Å². The van der Waals surface area contributed by atoms with Crippen molar-refractivity contribution in [3.05, 3.63) is 0 Å². The van der Waals surface area contributed by atoms with Crippen LogP contribution in [0.5, 0.6) is 0 Å². The molecule has 1 heterocycles. The van der Waals surface area contributed by atoms with Gasteiger partial charge in [-0.2, -0.15) is 0 Å². The van der Waals surface area contributed by atoms with E-state index in [1.54, 1.807) is 0 Å². The van der Waals surface area contributed by atoms with Gasteiger partial charge in [0.25, 0.3) is 0 Å². The van der Waals surface area contributed by atoms with Crippen molar-refractivity contribution in [1.29, 1.82) is 0 Å². The molecule has 12 heavy (non-hydrogen) atoms. The number of fused-ring (bicyclic) bond motifs is 2. The molecule has 0 aromatic heterocycles. The molecule has 1 nitrogen and oxygen atoms in total. The van der Waals surface area contributed by atoms with Crippen LogP contribution < -0.4 is 0 Å². The zero-order chi connectivity index (χ0) is 8.93. The van der Waals surface area contributed by atoms with E-state index in [9.17, 15) is 0 Å². The third-order valence-corrected chi connectivity index (χ3v) is 3.76. The molecule has 0 aromatic carbocycles. The summed E-state index contributed by atoms with van der Waals surface area (Å²) in [7, 11) is 0. The Balaban J connectivity index is 2.08. The summed E-state index contributed by atoms with van der Waals surface area (Å²) < 4.78 is 0. The fourth-order valence-corrected chi connectivity index (χ4v) is 3.03. The summed E-state index contributed by atoms with van der Waals surface area (Å²) in [5, 5.41) is 0. The second-order valence-electron chi connectivity index (χ2n) is 5.69. The molecule has 1 saturated heterocycles. The first-order chi connectivity index (χ1) is 5.48. The molecular weight excluding hydrogens is 146 g/mol. The van der Waals surface area contributed by atoms with E-state index in [0.717, 1.165) is 17.9 Å². The maximum atomic E-state index is 2.71. The van der Waals surface area contributed by atoms with Gasteiger partial charge in [0.05, 0.1) is 0 Å². The molecule has 70 valence electrons. The molecule has 0 N–H and O–H groups in total. The second kappa shape index (κ2) is 2.47. The monoisotopic (exact) mass is 167 g/mol. The highest BCUT2D eigenvalue weighted by atomic mass is 15.2. The van der Waals surface area contributed by atoms with Gasteiger partial charge in [-0.25, -0.2) is 0 Å². The van der Waals surface area contributed by atoms with E-state index in [0.29, 0.717) is 5.54 Å². The summed E-state index contributed by atoms with van der Waals surface area (Å²) in [6.07, 6.45) is 2.92. The van der Waals surface area contributed by atoms with E-state index in [-0.39, 0.29) is 0 Å². The molecule has 2 bridgehead atoms. The molecule has 0 radical (unpaired) electrons. The summed E-state index contributed by atoms with van der Waals surface area (Å²) in [5.74, 6) is 2.00. The number of nitrogens with zero attached hydrogens (tertiary/aromatic N) is 1. The zero-order valence-corrected chi connectivity index (χ0v) is 8.80. The fourth-order valence-electron chi connectivity index (χ4n) is 3.03. The Morgan fingerprint density at radius 1 is 1.17 bits per heavy atom. The van der Waals surface area contributed by atoms with Crippen LogP contribution in [0.15, 0.2) is 0 Å². The smallest absolute Gasteiger partial charge is 0.0128 e. The van der Waals surface area contributed by atoms with E-state index in [1.165, 1.54) is 19.4 Å². The van der Waals surface area contributed by atoms with E-state index in [1.807, 2.05) is 0 Å². The quantitative estimate of drug-likeness (QED) is 0.536. The van der Waals surface area contributed by atoms with Crippen molar-refractivity contribution < 1.29 is 0 Å². The molecule has 1 aliphatic heterocycles. The van der Waals surface area contributed by atoms with Crippen molar-refractivity contribution >= 4 is 0 Å². The van der Waals surface area contributed by atoms with Gasteiger partial charge in [0.2, 0.25) is 0 Å². The van der Waals surface area contributed by atoms with Crippen LogP contribution in [0.25, 0.3) is 0 Å². The van der Waals surface area contributed by atoms with Crippen molar-refractivity contribution in [1.82, 2.24) is 4.90 Å². The Morgan fingerprint density at radius 2 is 1.83 bits per heavy atom. The van der Waals surface area contributed by atoms with E-state index >= 15 is 0 Å². The minimum Gasteiger partial charge on any atom is -0.295 e. The number of hydrogen-bond donors (Lipinski definition) is 0. The first-order valence-corrected chi connectivity index (χ1v) is 5.25. The van der Waals surface area contributed by atoms with Crippen molar-refractivity contribution in [2.24, 2.45) is 11.8 Å². The lowest BCUT2D eigenvalue weighted by Crippen LogP contribution is -2.47. The minimum absolute atomic E-state index is 0.402. The number of piperidine rings is 1. The van der Waals surface area contributed by atoms with Crippen LogP contribution in [0.1, 0.15) is 40.5 Å². The van der Waals surface area contributed by atoms with Gasteiger partial charge >= 0.3 is 0 Å². The molecule has 1 heteroatoms. The summed E-state index contributed by atoms with van der Waals surface area (Å²) >= 11 is 0. The van der Waals surface area contributed by atoms with Crippen molar-refractivity contribution in [3.8, 4) is 0 Å². The van der Waals surface area contributed by atoms with Crippen LogP contribution in [-0.4, -0.2) is 23.0 Å². The molecule has 0 amide bonds. The van der Waals surface area contributed by atoms with Gasteiger partial charge in [0.1, 0.15) is 0 Å². The molecular formula is C11H21N. The minimum atomic E-state index is 0.402. The topological polar surface area (TPSA) is 3.24 Å². The zero-order valence-electron chi connectivity index (χ0n) is 8.80. The van der Waals surface area contributed by atoms with Crippen molar-refractivity contribution in [2.75, 3.05) is 6.54 Å². The molecule has 0 aromatic rings. The van der Waals surface area contributed by atoms with E-state index in [2.05, 4.69) is 32.6 Å². The average molecular weight is 167 g/mol. The summed E-state index contributed by atoms with van der Waals surface area (Å²) in [6.45, 7) is 10.8. The molecule has 3 atom stereocenters. The Morgan fingerprint density at radius 3 is 2.17 bits per heavy atom. The van der Waals surface area contributed by atoms with Crippen LogP contribution in [0, 0.1) is 11.8 Å². The first-order valence-electron chi connectivity index (χ1n) is 5.25. The first kappa shape index (κ1) is 8.55. The standard InChI is InChI=1S/C11H21N/c1-8-5-10-6-9(8)7-12(10)11(2,3)4/h8-10H,5-7H2,1-4H3. The van der Waals surface area contributed by atoms with Crippen LogP contribution >= 0.6 is 0 Å². The molecule has 2 rings (SSSR count). The SMILES string of the molecule is CC1CC2CC1CN2C(C)(C)C. The molecule has 1 saturated carbocycles. The lowest BCUT2D eigenvalue weighted by molar-refractivity contribution is 0.0813. The number of rotatable bonds is 0. The van der Waals surface area contributed by atoms with Crippen LogP contribution in [0.4, 0.5) is 0 Å². The number of likely N-dealkylation sites (tertiary alicyclic amines) is 1. The van der Waals surface area contributed by atoms with E-state index in [4.69, 9.17) is 0 Å². The van der Waals surface area contributed by atoms with Gasteiger partial charge in [-0.15, -0.1) is 0 Å². The van der Waals surface area contributed by atoms with Crippen LogP contribution in [0.3, 0.4) is 0 Å². The highest BCUT2D eigenvalue weighted by Gasteiger charge is 2.45. The van der Waals surface area contributed by atoms with Gasteiger partial charge in [0, 0.05) is 18.1 Å². The summed E-state index contributed by atoms with van der Waals surface area (Å²) in [6, 6.07) is 0.907. The Kier molecular flexibility index (Phi) is 1.76. The van der Waals surface area contributed by atoms with Gasteiger partial charge in [0.15, 0.2) is 0 Å². The number of hydrogen-bond acceptors (Lipinski definition) is 1. The summed E-state index contributed by atoms with van der Waals surface area (Å²) in [5.41, 5.74) is 0.402. The molecule has 0 spiro atoms. The third-order valence-electron chi connectivity index (χ3n) is 3.76. The lowest BCUT2D eigenvalue weighted by Gasteiger charge is -2.40. The third kappa shape index (κ3) is 1.19. The normalized spacial score (nSPS) is 42.5. The molecule has 1 aliphatic carbocycles. The Labute approximate surface area is 76.1 Å². The average Bonchev–Trinajstić information content (AvgIpc) is 2.41. The van der Waals surface area contributed by atoms with Crippen molar-refractivity contribution in [2.45, 2.75) is 52.1 Å². The van der Waals surface area contributed by atoms with Gasteiger partial charge in [-0.05, 0) is 45.4 Å². The molecule has 3 unspecified atom stereocenters. The lowest BCUT2D eigenvalue weighted by atomic mass is 9.94. The highest BCUT2D eigenvalue weighted by Crippen LogP contribution is 2.44. The maximum Gasteiger partial charge on any atom is 0.0128 e. The van der Waals surface area contributed by atoms with Crippen molar-refractivity contribution in [3.63, 3.8) is 0 Å². The summed E-state index contributed by atoms with van der Waals surface area (Å²) in [4.78, 5) is 2.71. The van der Waals surface area contributed by atoms with Gasteiger partial charge in [-0.1, -0.05) is 6.92 Å². The largest absolute Gasteiger partial charge is 0.295 e. The van der Waals surface area contributed by atoms with Crippen LogP contribution in [-0.2, 0) is 0 Å². The van der Waals surface area contributed by atoms with E-state index < -0.39 is 0 Å².